The Morgan fingerprint density at radius 2 is 2.08 bits per heavy atom. The van der Waals surface area contributed by atoms with E-state index in [9.17, 15) is 0 Å². The first-order valence-electron chi connectivity index (χ1n) is 3.88. The lowest BCUT2D eigenvalue weighted by atomic mass is 10.2. The van der Waals surface area contributed by atoms with E-state index in [1.54, 1.807) is 6.26 Å². The lowest BCUT2D eigenvalue weighted by Gasteiger charge is -1.99. The van der Waals surface area contributed by atoms with Crippen molar-refractivity contribution in [2.75, 3.05) is 0 Å². The monoisotopic (exact) mass is 254 g/mol. The Balaban J connectivity index is 2.87. The van der Waals surface area contributed by atoms with Gasteiger partial charge in [-0.15, -0.1) is 0 Å². The van der Waals surface area contributed by atoms with Crippen LogP contribution in [0.3, 0.4) is 0 Å². The van der Waals surface area contributed by atoms with Gasteiger partial charge < -0.3 is 4.42 Å². The van der Waals surface area contributed by atoms with Gasteiger partial charge in [0.25, 0.3) is 0 Å². The molecular weight excluding hydrogens is 248 g/mol. The van der Waals surface area contributed by atoms with Gasteiger partial charge in [0.15, 0.2) is 0 Å². The topological polar surface area (TPSA) is 13.1 Å². The smallest absolute Gasteiger partial charge is 0.135 e. The quantitative estimate of drug-likeness (QED) is 0.563. The minimum atomic E-state index is 0.736. The van der Waals surface area contributed by atoms with E-state index in [2.05, 4.69) is 15.9 Å². The standard InChI is InChI=1S/C10H7BrOS/c11-5-7-6-12-9-4-2-1-3-8(9)10(7)13/h1-4,6H,5H2. The van der Waals surface area contributed by atoms with Gasteiger partial charge in [-0.1, -0.05) is 40.3 Å². The number of rotatable bonds is 1. The van der Waals surface area contributed by atoms with E-state index in [-0.39, 0.29) is 0 Å². The average Bonchev–Trinajstić information content (AvgIpc) is 2.19. The first-order valence-corrected chi connectivity index (χ1v) is 5.41. The molecule has 0 N–H and O–H groups in total. The molecule has 0 saturated carbocycles. The lowest BCUT2D eigenvalue weighted by Crippen LogP contribution is -1.81. The molecule has 0 fully saturated rings. The minimum Gasteiger partial charge on any atom is -0.464 e. The van der Waals surface area contributed by atoms with Gasteiger partial charge in [-0.05, 0) is 12.1 Å². The predicted molar refractivity (Wildman–Crippen MR) is 59.7 cm³/mol. The third-order valence-corrected chi connectivity index (χ3v) is 2.98. The summed E-state index contributed by atoms with van der Waals surface area (Å²) >= 11 is 8.67. The SMILES string of the molecule is S=c1c(CBr)coc2ccccc12. The van der Waals surface area contributed by atoms with Crippen molar-refractivity contribution in [3.8, 4) is 0 Å². The fourth-order valence-electron chi connectivity index (χ4n) is 1.21. The van der Waals surface area contributed by atoms with Crippen molar-refractivity contribution in [1.29, 1.82) is 0 Å². The second-order valence-electron chi connectivity index (χ2n) is 2.72. The van der Waals surface area contributed by atoms with Crippen molar-refractivity contribution < 1.29 is 4.42 Å². The Labute approximate surface area is 89.5 Å². The van der Waals surface area contributed by atoms with Crippen molar-refractivity contribution in [2.45, 2.75) is 5.33 Å². The van der Waals surface area contributed by atoms with Crippen LogP contribution in [-0.2, 0) is 5.33 Å². The molecule has 0 radical (unpaired) electrons. The Morgan fingerprint density at radius 1 is 1.31 bits per heavy atom. The van der Waals surface area contributed by atoms with Gasteiger partial charge in [0.2, 0.25) is 0 Å². The number of halogens is 1. The number of hydrogen-bond acceptors (Lipinski definition) is 2. The lowest BCUT2D eigenvalue weighted by molar-refractivity contribution is 0.598. The van der Waals surface area contributed by atoms with E-state index < -0.39 is 0 Å². The predicted octanol–water partition coefficient (Wildman–Crippen LogP) is 4.06. The van der Waals surface area contributed by atoms with Crippen LogP contribution in [-0.4, -0.2) is 0 Å². The van der Waals surface area contributed by atoms with Crippen LogP contribution in [0.5, 0.6) is 0 Å². The average molecular weight is 255 g/mol. The maximum Gasteiger partial charge on any atom is 0.135 e. The molecule has 0 aliphatic heterocycles. The molecule has 0 aliphatic rings. The third-order valence-electron chi connectivity index (χ3n) is 1.90. The molecule has 0 unspecified atom stereocenters. The van der Waals surface area contributed by atoms with Gasteiger partial charge >= 0.3 is 0 Å². The fraction of sp³-hybridized carbons (Fsp3) is 0.100. The highest BCUT2D eigenvalue weighted by Gasteiger charge is 2.00. The number of benzene rings is 1. The molecule has 1 nitrogen and oxygen atoms in total. The molecule has 0 atom stereocenters. The van der Waals surface area contributed by atoms with Crippen LogP contribution < -0.4 is 0 Å². The molecule has 2 aromatic rings. The number of alkyl halides is 1. The van der Waals surface area contributed by atoms with Crippen molar-refractivity contribution in [2.24, 2.45) is 0 Å². The van der Waals surface area contributed by atoms with Crippen molar-refractivity contribution >= 4 is 39.1 Å². The van der Waals surface area contributed by atoms with E-state index in [1.165, 1.54) is 0 Å². The summed E-state index contributed by atoms with van der Waals surface area (Å²) in [5, 5.41) is 1.75. The molecule has 0 aliphatic carbocycles. The highest BCUT2D eigenvalue weighted by molar-refractivity contribution is 9.08. The summed E-state index contributed by atoms with van der Waals surface area (Å²) < 4.78 is 6.29. The molecule has 1 aromatic heterocycles. The highest BCUT2D eigenvalue weighted by atomic mass is 79.9. The third kappa shape index (κ3) is 1.54. The summed E-state index contributed by atoms with van der Waals surface area (Å²) in [6.07, 6.45) is 1.71. The summed E-state index contributed by atoms with van der Waals surface area (Å²) in [5.74, 6) is 0. The second kappa shape index (κ2) is 3.60. The van der Waals surface area contributed by atoms with Gasteiger partial charge in [0.1, 0.15) is 5.58 Å². The number of fused-ring (bicyclic) bond motifs is 1. The van der Waals surface area contributed by atoms with Crippen LogP contribution in [0.25, 0.3) is 11.0 Å². The zero-order chi connectivity index (χ0) is 9.26. The molecular formula is C10H7BrOS. The van der Waals surface area contributed by atoms with Crippen LogP contribution in [0, 0.1) is 4.51 Å². The Kier molecular flexibility index (Phi) is 2.47. The van der Waals surface area contributed by atoms with E-state index in [4.69, 9.17) is 16.6 Å². The van der Waals surface area contributed by atoms with Gasteiger partial charge in [0, 0.05) is 16.3 Å². The van der Waals surface area contributed by atoms with Gasteiger partial charge in [0.05, 0.1) is 10.8 Å². The van der Waals surface area contributed by atoms with Crippen LogP contribution in [0.2, 0.25) is 0 Å². The Hall–Kier alpha value is -0.670. The van der Waals surface area contributed by atoms with Gasteiger partial charge in [-0.3, -0.25) is 0 Å². The summed E-state index contributed by atoms with van der Waals surface area (Å²) in [5.41, 5.74) is 1.87. The maximum atomic E-state index is 5.42. The van der Waals surface area contributed by atoms with E-state index in [1.807, 2.05) is 24.3 Å². The zero-order valence-electron chi connectivity index (χ0n) is 6.79. The normalized spacial score (nSPS) is 10.5. The Morgan fingerprint density at radius 3 is 2.85 bits per heavy atom. The van der Waals surface area contributed by atoms with E-state index in [0.29, 0.717) is 0 Å². The van der Waals surface area contributed by atoms with E-state index in [0.717, 1.165) is 26.4 Å². The molecule has 66 valence electrons. The Bertz CT molecular complexity index is 489. The molecule has 1 aromatic carbocycles. The second-order valence-corrected chi connectivity index (χ2v) is 3.69. The number of hydrogen-bond donors (Lipinski definition) is 0. The highest BCUT2D eigenvalue weighted by Crippen LogP contribution is 2.19. The summed E-state index contributed by atoms with van der Waals surface area (Å²) in [7, 11) is 0. The van der Waals surface area contributed by atoms with E-state index >= 15 is 0 Å². The van der Waals surface area contributed by atoms with Gasteiger partial charge in [-0.25, -0.2) is 0 Å². The molecule has 3 heteroatoms. The van der Waals surface area contributed by atoms with Crippen LogP contribution in [0.4, 0.5) is 0 Å². The fourth-order valence-corrected chi connectivity index (χ4v) is 2.10. The molecule has 0 saturated heterocycles. The van der Waals surface area contributed by atoms with Gasteiger partial charge in [-0.2, -0.15) is 0 Å². The van der Waals surface area contributed by atoms with Crippen LogP contribution >= 0.6 is 28.1 Å². The first-order chi connectivity index (χ1) is 6.33. The maximum absolute atomic E-state index is 5.42. The van der Waals surface area contributed by atoms with Crippen LogP contribution in [0.1, 0.15) is 5.56 Å². The molecule has 13 heavy (non-hydrogen) atoms. The summed E-state index contributed by atoms with van der Waals surface area (Å²) in [6, 6.07) is 7.80. The molecule has 0 spiro atoms. The first kappa shape index (κ1) is 8.91. The molecule has 0 amide bonds. The number of para-hydroxylation sites is 1. The molecule has 1 heterocycles. The largest absolute Gasteiger partial charge is 0.464 e. The summed E-state index contributed by atoms with van der Waals surface area (Å²) in [4.78, 5) is 0. The molecule has 2 rings (SSSR count). The summed E-state index contributed by atoms with van der Waals surface area (Å²) in [6.45, 7) is 0. The zero-order valence-corrected chi connectivity index (χ0v) is 9.19. The molecule has 0 bridgehead atoms. The van der Waals surface area contributed by atoms with Crippen molar-refractivity contribution in [3.63, 3.8) is 0 Å². The minimum absolute atomic E-state index is 0.736. The van der Waals surface area contributed by atoms with Crippen molar-refractivity contribution in [3.05, 3.63) is 40.6 Å². The van der Waals surface area contributed by atoms with Crippen molar-refractivity contribution in [1.82, 2.24) is 0 Å². The van der Waals surface area contributed by atoms with Crippen LogP contribution in [0.15, 0.2) is 34.9 Å².